The van der Waals surface area contributed by atoms with Crippen LogP contribution >= 0.6 is 0 Å². The number of imidazole rings is 1. The Balaban J connectivity index is 1.65. The van der Waals surface area contributed by atoms with Crippen LogP contribution < -0.4 is 5.32 Å². The van der Waals surface area contributed by atoms with Gasteiger partial charge in [0.15, 0.2) is 5.82 Å². The highest BCUT2D eigenvalue weighted by atomic mass is 15.4. The van der Waals surface area contributed by atoms with Gasteiger partial charge in [0.2, 0.25) is 0 Å². The third-order valence-corrected chi connectivity index (χ3v) is 4.02. The molecule has 5 heteroatoms. The topological polar surface area (TPSA) is 47.7 Å². The molecule has 3 aromatic rings. The Morgan fingerprint density at radius 1 is 1.24 bits per heavy atom. The van der Waals surface area contributed by atoms with E-state index in [1.165, 1.54) is 5.56 Å². The molecule has 0 fully saturated rings. The molecule has 3 heterocycles. The summed E-state index contributed by atoms with van der Waals surface area (Å²) in [4.78, 5) is 4.37. The molecule has 0 radical (unpaired) electrons. The largest absolute Gasteiger partial charge is 0.370 e. The Hall–Kier alpha value is -2.56. The molecule has 106 valence electrons. The Morgan fingerprint density at radius 2 is 2.10 bits per heavy atom. The van der Waals surface area contributed by atoms with Gasteiger partial charge in [0.05, 0.1) is 6.54 Å². The molecule has 0 bridgehead atoms. The van der Waals surface area contributed by atoms with E-state index in [4.69, 9.17) is 5.10 Å². The molecule has 0 amide bonds. The maximum Gasteiger partial charge on any atom is 0.160 e. The van der Waals surface area contributed by atoms with Gasteiger partial charge in [-0.15, -0.1) is 0 Å². The quantitative estimate of drug-likeness (QED) is 0.784. The van der Waals surface area contributed by atoms with Crippen molar-refractivity contribution in [3.8, 4) is 11.5 Å². The number of hydrogen-bond acceptors (Lipinski definition) is 3. The first-order valence-corrected chi connectivity index (χ1v) is 7.15. The fourth-order valence-electron chi connectivity index (χ4n) is 2.87. The van der Waals surface area contributed by atoms with Gasteiger partial charge in [0, 0.05) is 38.0 Å². The summed E-state index contributed by atoms with van der Waals surface area (Å²) < 4.78 is 4.04. The SMILES string of the molecule is Cn1ccnc1-c1cc2n(n1)CC(c1ccccc1)CN2. The molecule has 0 saturated heterocycles. The van der Waals surface area contributed by atoms with Crippen molar-refractivity contribution in [3.63, 3.8) is 0 Å². The number of rotatable bonds is 2. The summed E-state index contributed by atoms with van der Waals surface area (Å²) in [5, 5.41) is 8.18. The maximum absolute atomic E-state index is 4.70. The minimum absolute atomic E-state index is 0.452. The van der Waals surface area contributed by atoms with Crippen molar-refractivity contribution in [1.29, 1.82) is 0 Å². The van der Waals surface area contributed by atoms with Gasteiger partial charge in [-0.1, -0.05) is 30.3 Å². The Morgan fingerprint density at radius 3 is 2.86 bits per heavy atom. The number of fused-ring (bicyclic) bond motifs is 1. The van der Waals surface area contributed by atoms with Crippen LogP contribution in [-0.4, -0.2) is 25.9 Å². The molecule has 0 spiro atoms. The lowest BCUT2D eigenvalue weighted by Gasteiger charge is -2.25. The minimum Gasteiger partial charge on any atom is -0.370 e. The molecule has 1 unspecified atom stereocenters. The fraction of sp³-hybridized carbons (Fsp3) is 0.250. The van der Waals surface area contributed by atoms with Crippen molar-refractivity contribution < 1.29 is 0 Å². The number of anilines is 1. The van der Waals surface area contributed by atoms with Crippen molar-refractivity contribution in [2.24, 2.45) is 7.05 Å². The first kappa shape index (κ1) is 12.2. The molecular formula is C16H17N5. The van der Waals surface area contributed by atoms with Gasteiger partial charge in [-0.25, -0.2) is 9.67 Å². The number of aromatic nitrogens is 4. The molecule has 0 saturated carbocycles. The molecule has 1 aliphatic heterocycles. The molecule has 21 heavy (non-hydrogen) atoms. The summed E-state index contributed by atoms with van der Waals surface area (Å²) in [6.07, 6.45) is 3.74. The van der Waals surface area contributed by atoms with Crippen molar-refractivity contribution >= 4 is 5.82 Å². The Bertz CT molecular complexity index is 756. The van der Waals surface area contributed by atoms with E-state index in [9.17, 15) is 0 Å². The third kappa shape index (κ3) is 2.11. The summed E-state index contributed by atoms with van der Waals surface area (Å²) in [6.45, 7) is 1.84. The normalized spacial score (nSPS) is 17.3. The number of benzene rings is 1. The molecule has 5 nitrogen and oxygen atoms in total. The first-order chi connectivity index (χ1) is 10.3. The van der Waals surface area contributed by atoms with Gasteiger partial charge in [0.1, 0.15) is 11.5 Å². The van der Waals surface area contributed by atoms with Gasteiger partial charge < -0.3 is 9.88 Å². The summed E-state index contributed by atoms with van der Waals surface area (Å²) >= 11 is 0. The van der Waals surface area contributed by atoms with Crippen LogP contribution in [0.25, 0.3) is 11.5 Å². The van der Waals surface area contributed by atoms with Crippen LogP contribution in [0.15, 0.2) is 48.8 Å². The second kappa shape index (κ2) is 4.77. The molecule has 2 aromatic heterocycles. The number of hydrogen-bond donors (Lipinski definition) is 1. The zero-order valence-corrected chi connectivity index (χ0v) is 11.9. The average molecular weight is 279 g/mol. The van der Waals surface area contributed by atoms with Gasteiger partial charge >= 0.3 is 0 Å². The smallest absolute Gasteiger partial charge is 0.160 e. The second-order valence-corrected chi connectivity index (χ2v) is 5.45. The van der Waals surface area contributed by atoms with E-state index >= 15 is 0 Å². The lowest BCUT2D eigenvalue weighted by Crippen LogP contribution is -2.26. The van der Waals surface area contributed by atoms with Crippen LogP contribution in [-0.2, 0) is 13.6 Å². The summed E-state index contributed by atoms with van der Waals surface area (Å²) in [5.74, 6) is 2.42. The zero-order valence-electron chi connectivity index (χ0n) is 11.9. The Labute approximate surface area is 123 Å². The second-order valence-electron chi connectivity index (χ2n) is 5.45. The number of nitrogens with one attached hydrogen (secondary N) is 1. The molecule has 1 aliphatic rings. The zero-order chi connectivity index (χ0) is 14.2. The number of nitrogens with zero attached hydrogens (tertiary/aromatic N) is 4. The van der Waals surface area contributed by atoms with E-state index in [1.54, 1.807) is 6.20 Å². The first-order valence-electron chi connectivity index (χ1n) is 7.15. The van der Waals surface area contributed by atoms with Gasteiger partial charge in [-0.05, 0) is 5.56 Å². The molecular weight excluding hydrogens is 262 g/mol. The van der Waals surface area contributed by atoms with Crippen LogP contribution in [0.5, 0.6) is 0 Å². The van der Waals surface area contributed by atoms with Crippen LogP contribution in [0.2, 0.25) is 0 Å². The van der Waals surface area contributed by atoms with E-state index in [1.807, 2.05) is 22.5 Å². The molecule has 1 N–H and O–H groups in total. The van der Waals surface area contributed by atoms with Crippen LogP contribution in [0, 0.1) is 0 Å². The molecule has 0 aliphatic carbocycles. The van der Waals surface area contributed by atoms with Gasteiger partial charge in [-0.3, -0.25) is 0 Å². The third-order valence-electron chi connectivity index (χ3n) is 4.02. The highest BCUT2D eigenvalue weighted by Crippen LogP contribution is 2.28. The van der Waals surface area contributed by atoms with E-state index in [0.717, 1.165) is 30.4 Å². The van der Waals surface area contributed by atoms with E-state index < -0.39 is 0 Å². The molecule has 1 aromatic carbocycles. The van der Waals surface area contributed by atoms with Crippen molar-refractivity contribution in [1.82, 2.24) is 19.3 Å². The summed E-state index contributed by atoms with van der Waals surface area (Å²) in [7, 11) is 1.99. The van der Waals surface area contributed by atoms with Crippen LogP contribution in [0.3, 0.4) is 0 Å². The highest BCUT2D eigenvalue weighted by Gasteiger charge is 2.22. The predicted octanol–water partition coefficient (Wildman–Crippen LogP) is 2.49. The highest BCUT2D eigenvalue weighted by molar-refractivity contribution is 5.57. The maximum atomic E-state index is 4.70. The number of aryl methyl sites for hydroxylation is 1. The van der Waals surface area contributed by atoms with E-state index in [0.29, 0.717) is 5.92 Å². The standard InChI is InChI=1S/C16H17N5/c1-20-8-7-17-16(20)14-9-15-18-10-13(11-21(15)19-14)12-5-3-2-4-6-12/h2-9,13,18H,10-11H2,1H3. The predicted molar refractivity (Wildman–Crippen MR) is 82.1 cm³/mol. The van der Waals surface area contributed by atoms with Crippen LogP contribution in [0.1, 0.15) is 11.5 Å². The van der Waals surface area contributed by atoms with E-state index in [2.05, 4.69) is 46.7 Å². The van der Waals surface area contributed by atoms with Crippen LogP contribution in [0.4, 0.5) is 5.82 Å². The van der Waals surface area contributed by atoms with Crippen molar-refractivity contribution in [2.75, 3.05) is 11.9 Å². The molecule has 4 rings (SSSR count). The lowest BCUT2D eigenvalue weighted by molar-refractivity contribution is 0.506. The lowest BCUT2D eigenvalue weighted by atomic mass is 9.98. The molecule has 1 atom stereocenters. The van der Waals surface area contributed by atoms with Gasteiger partial charge in [-0.2, -0.15) is 5.10 Å². The fourth-order valence-corrected chi connectivity index (χ4v) is 2.87. The summed E-state index contributed by atoms with van der Waals surface area (Å²) in [5.41, 5.74) is 2.27. The average Bonchev–Trinajstić information content (AvgIpc) is 3.12. The van der Waals surface area contributed by atoms with Gasteiger partial charge in [0.25, 0.3) is 0 Å². The monoisotopic (exact) mass is 279 g/mol. The summed E-state index contributed by atoms with van der Waals surface area (Å²) in [6, 6.07) is 12.7. The van der Waals surface area contributed by atoms with Crippen molar-refractivity contribution in [2.45, 2.75) is 12.5 Å². The Kier molecular flexibility index (Phi) is 2.77. The van der Waals surface area contributed by atoms with E-state index in [-0.39, 0.29) is 0 Å². The minimum atomic E-state index is 0.452. The van der Waals surface area contributed by atoms with Crippen molar-refractivity contribution in [3.05, 3.63) is 54.4 Å².